The van der Waals surface area contributed by atoms with Crippen molar-refractivity contribution in [1.29, 1.82) is 0 Å². The monoisotopic (exact) mass is 166 g/mol. The van der Waals surface area contributed by atoms with Crippen molar-refractivity contribution in [1.82, 2.24) is 0 Å². The van der Waals surface area contributed by atoms with Crippen LogP contribution in [0.3, 0.4) is 0 Å². The predicted octanol–water partition coefficient (Wildman–Crippen LogP) is 4.15. The van der Waals surface area contributed by atoms with E-state index in [0.717, 1.165) is 10.8 Å². The zero-order valence-corrected chi connectivity index (χ0v) is 8.66. The van der Waals surface area contributed by atoms with Gasteiger partial charge in [-0.25, -0.2) is 0 Å². The van der Waals surface area contributed by atoms with E-state index in [2.05, 4.69) is 13.8 Å². The summed E-state index contributed by atoms with van der Waals surface area (Å²) in [6.07, 6.45) is 12.1. The molecule has 2 rings (SSSR count). The fourth-order valence-corrected chi connectivity index (χ4v) is 3.12. The molecule has 2 saturated carbocycles. The third kappa shape index (κ3) is 1.11. The van der Waals surface area contributed by atoms with Crippen LogP contribution in [0.1, 0.15) is 65.2 Å². The van der Waals surface area contributed by atoms with Crippen LogP contribution in [-0.4, -0.2) is 0 Å². The van der Waals surface area contributed by atoms with Gasteiger partial charge in [0, 0.05) is 0 Å². The third-order valence-electron chi connectivity index (χ3n) is 4.52. The average molecular weight is 166 g/mol. The van der Waals surface area contributed by atoms with Crippen LogP contribution in [0.5, 0.6) is 0 Å². The lowest BCUT2D eigenvalue weighted by molar-refractivity contribution is 0.246. The highest BCUT2D eigenvalue weighted by Crippen LogP contribution is 2.73. The van der Waals surface area contributed by atoms with Crippen molar-refractivity contribution in [2.45, 2.75) is 65.2 Å². The fraction of sp³-hybridized carbons (Fsp3) is 1.00. The van der Waals surface area contributed by atoms with Gasteiger partial charge < -0.3 is 0 Å². The number of hydrogen-bond donors (Lipinski definition) is 0. The average Bonchev–Trinajstić information content (AvgIpc) is 2.95. The van der Waals surface area contributed by atoms with Crippen molar-refractivity contribution in [3.63, 3.8) is 0 Å². The summed E-state index contributed by atoms with van der Waals surface area (Å²) in [5.41, 5.74) is 1.71. The van der Waals surface area contributed by atoms with E-state index < -0.39 is 0 Å². The summed E-state index contributed by atoms with van der Waals surface area (Å²) >= 11 is 0. The molecular weight excluding hydrogens is 144 g/mol. The zero-order chi connectivity index (χ0) is 8.66. The highest BCUT2D eigenvalue weighted by molar-refractivity contribution is 5.13. The molecule has 2 aliphatic rings. The van der Waals surface area contributed by atoms with Gasteiger partial charge in [-0.15, -0.1) is 0 Å². The lowest BCUT2D eigenvalue weighted by Gasteiger charge is -2.25. The van der Waals surface area contributed by atoms with Gasteiger partial charge in [0.1, 0.15) is 0 Å². The van der Waals surface area contributed by atoms with E-state index in [1.54, 1.807) is 25.7 Å². The highest BCUT2D eigenvalue weighted by Gasteiger charge is 2.62. The Kier molecular flexibility index (Phi) is 1.97. The van der Waals surface area contributed by atoms with Gasteiger partial charge in [0.15, 0.2) is 0 Å². The van der Waals surface area contributed by atoms with Crippen LogP contribution in [-0.2, 0) is 0 Å². The first-order valence-electron chi connectivity index (χ1n) is 5.79. The molecular formula is C12H22. The van der Waals surface area contributed by atoms with E-state index in [9.17, 15) is 0 Å². The molecule has 0 radical (unpaired) electrons. The number of unbranched alkanes of at least 4 members (excludes halogenated alkanes) is 1. The Hall–Kier alpha value is 0. The Labute approximate surface area is 76.7 Å². The maximum absolute atomic E-state index is 2.40. The minimum absolute atomic E-state index is 0.849. The molecule has 0 amide bonds. The molecule has 0 spiro atoms. The molecule has 0 aromatic heterocycles. The van der Waals surface area contributed by atoms with Gasteiger partial charge in [-0.05, 0) is 49.4 Å². The molecule has 0 unspecified atom stereocenters. The van der Waals surface area contributed by atoms with E-state index >= 15 is 0 Å². The second kappa shape index (κ2) is 2.75. The van der Waals surface area contributed by atoms with Gasteiger partial charge in [0.2, 0.25) is 0 Å². The maximum atomic E-state index is 2.40. The quantitative estimate of drug-likeness (QED) is 0.575. The largest absolute Gasteiger partial charge is 0.0654 e. The van der Waals surface area contributed by atoms with Crippen molar-refractivity contribution < 1.29 is 0 Å². The first-order valence-corrected chi connectivity index (χ1v) is 5.79. The first-order chi connectivity index (χ1) is 5.79. The smallest absolute Gasteiger partial charge is 0.0241 e. The Bertz CT molecular complexity index is 161. The second-order valence-corrected chi connectivity index (χ2v) is 5.02. The molecule has 0 aromatic carbocycles. The van der Waals surface area contributed by atoms with Crippen molar-refractivity contribution in [2.75, 3.05) is 0 Å². The fourth-order valence-electron chi connectivity index (χ4n) is 3.12. The molecule has 0 aliphatic heterocycles. The molecule has 0 saturated heterocycles. The Balaban J connectivity index is 1.92. The molecule has 2 aliphatic carbocycles. The van der Waals surface area contributed by atoms with Gasteiger partial charge in [-0.1, -0.05) is 26.7 Å². The summed E-state index contributed by atoms with van der Waals surface area (Å²) in [5.74, 6) is 0. The Morgan fingerprint density at radius 2 is 1.50 bits per heavy atom. The molecule has 0 bridgehead atoms. The van der Waals surface area contributed by atoms with Gasteiger partial charge in [0.05, 0.1) is 0 Å². The van der Waals surface area contributed by atoms with Crippen molar-refractivity contribution in [3.8, 4) is 0 Å². The Morgan fingerprint density at radius 3 is 1.83 bits per heavy atom. The minimum atomic E-state index is 0.849. The lowest BCUT2D eigenvalue weighted by Crippen LogP contribution is -2.16. The van der Waals surface area contributed by atoms with E-state index in [0.29, 0.717) is 0 Å². The highest BCUT2D eigenvalue weighted by atomic mass is 14.7. The van der Waals surface area contributed by atoms with Gasteiger partial charge in [-0.2, -0.15) is 0 Å². The summed E-state index contributed by atoms with van der Waals surface area (Å²) in [6, 6.07) is 0. The molecule has 12 heavy (non-hydrogen) atoms. The topological polar surface area (TPSA) is 0 Å². The summed E-state index contributed by atoms with van der Waals surface area (Å²) in [4.78, 5) is 0. The lowest BCUT2D eigenvalue weighted by atomic mass is 9.80. The standard InChI is InChI=1S/C12H22/c1-3-5-6-12(9-10-12)11(4-2)7-8-11/h3-10H2,1-2H3. The van der Waals surface area contributed by atoms with Gasteiger partial charge >= 0.3 is 0 Å². The molecule has 0 N–H and O–H groups in total. The van der Waals surface area contributed by atoms with Crippen LogP contribution < -0.4 is 0 Å². The van der Waals surface area contributed by atoms with Gasteiger partial charge in [0.25, 0.3) is 0 Å². The van der Waals surface area contributed by atoms with Crippen molar-refractivity contribution >= 4 is 0 Å². The summed E-state index contributed by atoms with van der Waals surface area (Å²) < 4.78 is 0. The molecule has 0 aromatic rings. The van der Waals surface area contributed by atoms with Crippen LogP contribution in [0.25, 0.3) is 0 Å². The van der Waals surface area contributed by atoms with E-state index in [1.165, 1.54) is 25.7 Å². The first kappa shape index (κ1) is 8.59. The van der Waals surface area contributed by atoms with Crippen LogP contribution in [0.2, 0.25) is 0 Å². The zero-order valence-electron chi connectivity index (χ0n) is 8.66. The number of hydrogen-bond acceptors (Lipinski definition) is 0. The third-order valence-corrected chi connectivity index (χ3v) is 4.52. The number of rotatable bonds is 5. The summed E-state index contributed by atoms with van der Waals surface area (Å²) in [5, 5.41) is 0. The van der Waals surface area contributed by atoms with Crippen LogP contribution in [0.15, 0.2) is 0 Å². The van der Waals surface area contributed by atoms with E-state index in [1.807, 2.05) is 0 Å². The van der Waals surface area contributed by atoms with Crippen LogP contribution in [0, 0.1) is 10.8 Å². The normalized spacial score (nSPS) is 28.5. The van der Waals surface area contributed by atoms with E-state index in [4.69, 9.17) is 0 Å². The van der Waals surface area contributed by atoms with Crippen molar-refractivity contribution in [2.24, 2.45) is 10.8 Å². The maximum Gasteiger partial charge on any atom is -0.0241 e. The van der Waals surface area contributed by atoms with Crippen LogP contribution >= 0.6 is 0 Å². The van der Waals surface area contributed by atoms with Crippen LogP contribution in [0.4, 0.5) is 0 Å². The van der Waals surface area contributed by atoms with Gasteiger partial charge in [-0.3, -0.25) is 0 Å². The predicted molar refractivity (Wildman–Crippen MR) is 53.2 cm³/mol. The second-order valence-electron chi connectivity index (χ2n) is 5.02. The SMILES string of the molecule is CCCCC1(C2(CC)CC2)CC1. The minimum Gasteiger partial charge on any atom is -0.0654 e. The Morgan fingerprint density at radius 1 is 0.917 bits per heavy atom. The molecule has 0 nitrogen and oxygen atoms in total. The molecule has 2 fully saturated rings. The molecule has 70 valence electrons. The molecule has 0 heterocycles. The summed E-state index contributed by atoms with van der Waals surface area (Å²) in [7, 11) is 0. The summed E-state index contributed by atoms with van der Waals surface area (Å²) in [6.45, 7) is 4.72. The molecule has 0 atom stereocenters. The van der Waals surface area contributed by atoms with Crippen molar-refractivity contribution in [3.05, 3.63) is 0 Å². The van der Waals surface area contributed by atoms with E-state index in [-0.39, 0.29) is 0 Å². The molecule has 0 heteroatoms.